The highest BCUT2D eigenvalue weighted by atomic mass is 35.5. The number of halogens is 3. The molecule has 50 heavy (non-hydrogen) atoms. The molecule has 6 heterocycles. The number of likely N-dealkylation sites (tertiary alicyclic amines) is 1. The summed E-state index contributed by atoms with van der Waals surface area (Å²) in [5, 5.41) is 7.65. The van der Waals surface area contributed by atoms with Crippen molar-refractivity contribution >= 4 is 45.0 Å². The number of rotatable bonds is 8. The Morgan fingerprint density at radius 3 is 2.86 bits per heavy atom. The number of hydrogen-bond donors (Lipinski definition) is 2. The molecule has 4 atom stereocenters. The summed E-state index contributed by atoms with van der Waals surface area (Å²) >= 11 is 6.62. The average molecular weight is 704 g/mol. The number of ether oxygens (including phenoxy) is 1. The third kappa shape index (κ3) is 6.04. The number of pyridine rings is 1. The molecule has 4 aromatic rings. The van der Waals surface area contributed by atoms with E-state index in [4.69, 9.17) is 21.3 Å². The molecular formula is C36H40ClF2N9O2. The number of alkyl halides is 1. The van der Waals surface area contributed by atoms with Crippen molar-refractivity contribution in [2.24, 2.45) is 0 Å². The number of hydrazine groups is 1. The zero-order valence-electron chi connectivity index (χ0n) is 28.1. The van der Waals surface area contributed by atoms with Gasteiger partial charge in [0.05, 0.1) is 23.8 Å². The second-order valence-electron chi connectivity index (χ2n) is 13.9. The summed E-state index contributed by atoms with van der Waals surface area (Å²) in [6, 6.07) is 11.0. The number of likely N-dealkylation sites (N-methyl/N-ethyl adjacent to an activating group) is 1. The van der Waals surface area contributed by atoms with E-state index in [1.165, 1.54) is 0 Å². The summed E-state index contributed by atoms with van der Waals surface area (Å²) in [6.45, 7) is 3.14. The SMILES string of the molecule is CN1CNC(/C=C/C(=O)N2CC[C@@H](N(C)c3nc(OC[C@@]45CCCN4C[C@H](F)C5)nc4c(F)c(-c5cccc6cccc(Cl)c56)ncc34)C2)N1. The number of carbonyl (C=O) groups excluding carboxylic acids is 1. The number of nitrogens with one attached hydrogen (secondary N) is 2. The number of nitrogens with zero attached hydrogens (tertiary/aromatic N) is 7. The van der Waals surface area contributed by atoms with Gasteiger partial charge in [0.2, 0.25) is 5.91 Å². The monoisotopic (exact) mass is 703 g/mol. The first-order chi connectivity index (χ1) is 24.2. The summed E-state index contributed by atoms with van der Waals surface area (Å²) in [5.74, 6) is -0.244. The lowest BCUT2D eigenvalue weighted by Crippen LogP contribution is -2.43. The Kier molecular flexibility index (Phi) is 8.80. The van der Waals surface area contributed by atoms with Crippen molar-refractivity contribution in [3.63, 3.8) is 0 Å². The number of hydrogen-bond acceptors (Lipinski definition) is 10. The van der Waals surface area contributed by atoms with Gasteiger partial charge in [-0.2, -0.15) is 9.97 Å². The minimum Gasteiger partial charge on any atom is -0.461 e. The maximum atomic E-state index is 16.8. The van der Waals surface area contributed by atoms with Crippen LogP contribution in [0.25, 0.3) is 32.9 Å². The Labute approximate surface area is 294 Å². The predicted molar refractivity (Wildman–Crippen MR) is 189 cm³/mol. The van der Waals surface area contributed by atoms with E-state index in [-0.39, 0.29) is 41.9 Å². The average Bonchev–Trinajstić information content (AvgIpc) is 3.91. The molecule has 0 bridgehead atoms. The number of amides is 1. The van der Waals surface area contributed by atoms with Gasteiger partial charge < -0.3 is 14.5 Å². The van der Waals surface area contributed by atoms with E-state index in [1.54, 1.807) is 29.3 Å². The molecule has 11 nitrogen and oxygen atoms in total. The Hall–Kier alpha value is -4.01. The van der Waals surface area contributed by atoms with Gasteiger partial charge in [0.25, 0.3) is 0 Å². The molecule has 0 spiro atoms. The summed E-state index contributed by atoms with van der Waals surface area (Å²) in [6.07, 6.45) is 6.87. The second-order valence-corrected chi connectivity index (χ2v) is 14.3. The first kappa shape index (κ1) is 33.2. The van der Waals surface area contributed by atoms with Crippen LogP contribution < -0.4 is 20.4 Å². The van der Waals surface area contributed by atoms with Gasteiger partial charge in [-0.3, -0.25) is 20.0 Å². The molecule has 2 N–H and O–H groups in total. The van der Waals surface area contributed by atoms with Crippen LogP contribution in [0.5, 0.6) is 6.01 Å². The smallest absolute Gasteiger partial charge is 0.319 e. The standard InChI is InChI=1S/C36H40ClF2N9O2/c1-45-21-41-28(44-45)10-11-29(49)47-15-12-24(19-47)46(2)34-26-17-40-32(25-8-3-6-22-7-4-9-27(37)30(22)25)31(39)33(26)42-35(43-34)50-20-36-13-5-14-48(36)18-23(38)16-36/h3-4,6-11,17,23-24,28,41,44H,5,12-16,18-21H2,1-2H3/b11-10+/t23-,24-,28?,36+/m1/s1. The fraction of sp³-hybridized carbons (Fsp3) is 0.444. The zero-order chi connectivity index (χ0) is 34.6. The second kappa shape index (κ2) is 13.3. The van der Waals surface area contributed by atoms with E-state index in [2.05, 4.69) is 25.6 Å². The van der Waals surface area contributed by atoms with E-state index in [1.807, 2.05) is 54.3 Å². The molecule has 2 aromatic carbocycles. The van der Waals surface area contributed by atoms with E-state index >= 15 is 4.39 Å². The van der Waals surface area contributed by atoms with Crippen LogP contribution in [0.2, 0.25) is 5.02 Å². The lowest BCUT2D eigenvalue weighted by molar-refractivity contribution is -0.125. The Balaban J connectivity index is 1.13. The van der Waals surface area contributed by atoms with Gasteiger partial charge in [-0.15, -0.1) is 0 Å². The third-order valence-corrected chi connectivity index (χ3v) is 11.0. The number of benzene rings is 2. The normalized spacial score (nSPS) is 25.8. The van der Waals surface area contributed by atoms with Crippen molar-refractivity contribution < 1.29 is 18.3 Å². The number of anilines is 1. The summed E-state index contributed by atoms with van der Waals surface area (Å²) in [7, 11) is 3.82. The van der Waals surface area contributed by atoms with Gasteiger partial charge in [0.15, 0.2) is 5.82 Å². The molecule has 14 heteroatoms. The fourth-order valence-corrected chi connectivity index (χ4v) is 8.36. The molecule has 2 aromatic heterocycles. The van der Waals surface area contributed by atoms with Crippen LogP contribution in [0, 0.1) is 5.82 Å². The molecule has 0 radical (unpaired) electrons. The molecular weight excluding hydrogens is 664 g/mol. The van der Waals surface area contributed by atoms with Crippen molar-refractivity contribution in [3.05, 3.63) is 65.6 Å². The quantitative estimate of drug-likeness (QED) is 0.255. The van der Waals surface area contributed by atoms with Gasteiger partial charge in [0.1, 0.15) is 29.8 Å². The highest BCUT2D eigenvalue weighted by molar-refractivity contribution is 6.36. The fourth-order valence-electron chi connectivity index (χ4n) is 8.07. The molecule has 0 aliphatic carbocycles. The van der Waals surface area contributed by atoms with Crippen LogP contribution >= 0.6 is 11.6 Å². The summed E-state index contributed by atoms with van der Waals surface area (Å²) < 4.78 is 37.7. The maximum absolute atomic E-state index is 16.8. The lowest BCUT2D eigenvalue weighted by atomic mass is 9.95. The zero-order valence-corrected chi connectivity index (χ0v) is 28.8. The van der Waals surface area contributed by atoms with Crippen LogP contribution in [-0.2, 0) is 4.79 Å². The molecule has 8 rings (SSSR count). The van der Waals surface area contributed by atoms with Crippen LogP contribution in [-0.4, -0.2) is 113 Å². The molecule has 4 aliphatic heterocycles. The highest BCUT2D eigenvalue weighted by Crippen LogP contribution is 2.41. The van der Waals surface area contributed by atoms with Crippen molar-refractivity contribution in [1.82, 2.24) is 40.5 Å². The minimum atomic E-state index is -0.911. The number of carbonyl (C=O) groups is 1. The van der Waals surface area contributed by atoms with Crippen molar-refractivity contribution in [3.8, 4) is 17.3 Å². The lowest BCUT2D eigenvalue weighted by Gasteiger charge is -2.31. The van der Waals surface area contributed by atoms with Gasteiger partial charge in [-0.05, 0) is 43.3 Å². The largest absolute Gasteiger partial charge is 0.461 e. The van der Waals surface area contributed by atoms with Crippen LogP contribution in [0.1, 0.15) is 25.7 Å². The highest BCUT2D eigenvalue weighted by Gasteiger charge is 2.49. The molecule has 262 valence electrons. The van der Waals surface area contributed by atoms with Crippen LogP contribution in [0.4, 0.5) is 14.6 Å². The molecule has 4 saturated heterocycles. The van der Waals surface area contributed by atoms with Crippen molar-refractivity contribution in [2.45, 2.75) is 49.6 Å². The van der Waals surface area contributed by atoms with Crippen LogP contribution in [0.3, 0.4) is 0 Å². The third-order valence-electron chi connectivity index (χ3n) is 10.7. The van der Waals surface area contributed by atoms with E-state index in [9.17, 15) is 9.18 Å². The first-order valence-electron chi connectivity index (χ1n) is 17.2. The Morgan fingerprint density at radius 2 is 2.04 bits per heavy atom. The molecule has 4 fully saturated rings. The maximum Gasteiger partial charge on any atom is 0.319 e. The van der Waals surface area contributed by atoms with E-state index in [0.717, 1.165) is 24.8 Å². The predicted octanol–water partition coefficient (Wildman–Crippen LogP) is 4.51. The van der Waals surface area contributed by atoms with E-state index < -0.39 is 17.5 Å². The number of aromatic nitrogens is 3. The topological polar surface area (TPSA) is 102 Å². The molecule has 1 unspecified atom stereocenters. The summed E-state index contributed by atoms with van der Waals surface area (Å²) in [5.41, 5.74) is 3.52. The van der Waals surface area contributed by atoms with Gasteiger partial charge in [-0.25, -0.2) is 19.2 Å². The van der Waals surface area contributed by atoms with Gasteiger partial charge >= 0.3 is 6.01 Å². The molecule has 0 saturated carbocycles. The molecule has 1 amide bonds. The van der Waals surface area contributed by atoms with Gasteiger partial charge in [-0.1, -0.05) is 41.9 Å². The minimum absolute atomic E-state index is 0.0188. The number of fused-ring (bicyclic) bond motifs is 3. The van der Waals surface area contributed by atoms with Crippen molar-refractivity contribution in [1.29, 1.82) is 0 Å². The van der Waals surface area contributed by atoms with Crippen LogP contribution in [0.15, 0.2) is 54.7 Å². The Bertz CT molecular complexity index is 1980. The first-order valence-corrected chi connectivity index (χ1v) is 17.5. The van der Waals surface area contributed by atoms with Gasteiger partial charge in [0, 0.05) is 74.4 Å². The van der Waals surface area contributed by atoms with E-state index in [0.29, 0.717) is 66.3 Å². The Morgan fingerprint density at radius 1 is 1.20 bits per heavy atom. The van der Waals surface area contributed by atoms with Crippen molar-refractivity contribution in [2.75, 3.05) is 58.4 Å². The molecule has 4 aliphatic rings. The summed E-state index contributed by atoms with van der Waals surface area (Å²) in [4.78, 5) is 33.1.